The zero-order valence-electron chi connectivity index (χ0n) is 11.9. The Morgan fingerprint density at radius 3 is 2.26 bits per heavy atom. The van der Waals surface area contributed by atoms with Gasteiger partial charge >= 0.3 is 0 Å². The van der Waals surface area contributed by atoms with E-state index in [2.05, 4.69) is 5.32 Å². The molecule has 0 spiro atoms. The van der Waals surface area contributed by atoms with E-state index >= 15 is 0 Å². The lowest BCUT2D eigenvalue weighted by molar-refractivity contribution is -0.118. The predicted octanol–water partition coefficient (Wildman–Crippen LogP) is 3.86. The van der Waals surface area contributed by atoms with Crippen LogP contribution in [0.2, 0.25) is 0 Å². The van der Waals surface area contributed by atoms with Crippen molar-refractivity contribution in [3.05, 3.63) is 29.8 Å². The lowest BCUT2D eigenvalue weighted by atomic mass is 10.1. The Morgan fingerprint density at radius 1 is 1.00 bits per heavy atom. The first-order valence-electron chi connectivity index (χ1n) is 7.00. The van der Waals surface area contributed by atoms with Gasteiger partial charge in [-0.05, 0) is 31.9 Å². The molecule has 0 unspecified atom stereocenters. The number of hydrogen-bond acceptors (Lipinski definition) is 2. The zero-order chi connectivity index (χ0) is 14.1. The summed E-state index contributed by atoms with van der Waals surface area (Å²) in [6, 6.07) is 7.78. The number of unbranched alkanes of at least 4 members (excludes halogenated alkanes) is 2. The van der Waals surface area contributed by atoms with Crippen LogP contribution in [-0.4, -0.2) is 11.7 Å². The van der Waals surface area contributed by atoms with Crippen molar-refractivity contribution in [2.24, 2.45) is 0 Å². The van der Waals surface area contributed by atoms with Gasteiger partial charge in [-0.3, -0.25) is 9.59 Å². The Bertz CT molecular complexity index is 409. The van der Waals surface area contributed by atoms with Crippen LogP contribution in [0.25, 0.3) is 0 Å². The molecule has 3 nitrogen and oxygen atoms in total. The van der Waals surface area contributed by atoms with Gasteiger partial charge in [0.1, 0.15) is 5.78 Å². The molecule has 0 atom stereocenters. The normalized spacial score (nSPS) is 10.2. The second-order valence-corrected chi connectivity index (χ2v) is 4.87. The van der Waals surface area contributed by atoms with E-state index in [-0.39, 0.29) is 5.91 Å². The van der Waals surface area contributed by atoms with Crippen LogP contribution >= 0.6 is 0 Å². The average molecular weight is 261 g/mol. The number of Topliss-reactive ketones (excluding diaryl/α,β-unsaturated/α-hetero) is 1. The molecule has 0 aromatic heterocycles. The van der Waals surface area contributed by atoms with Crippen molar-refractivity contribution >= 4 is 17.4 Å². The van der Waals surface area contributed by atoms with Gasteiger partial charge < -0.3 is 5.32 Å². The van der Waals surface area contributed by atoms with Gasteiger partial charge in [0.2, 0.25) is 5.91 Å². The fourth-order valence-corrected chi connectivity index (χ4v) is 1.82. The quantitative estimate of drug-likeness (QED) is 0.722. The van der Waals surface area contributed by atoms with Crippen molar-refractivity contribution in [1.82, 2.24) is 0 Å². The molecule has 19 heavy (non-hydrogen) atoms. The minimum atomic E-state index is 0.0469. The highest BCUT2D eigenvalue weighted by Crippen LogP contribution is 2.10. The van der Waals surface area contributed by atoms with Crippen LogP contribution in [0.15, 0.2) is 24.3 Å². The van der Waals surface area contributed by atoms with Gasteiger partial charge in [-0.25, -0.2) is 0 Å². The molecule has 104 valence electrons. The topological polar surface area (TPSA) is 46.2 Å². The molecule has 0 fully saturated rings. The zero-order valence-corrected chi connectivity index (χ0v) is 11.9. The first kappa shape index (κ1) is 15.4. The van der Waals surface area contributed by atoms with Gasteiger partial charge in [0.05, 0.1) is 0 Å². The smallest absolute Gasteiger partial charge is 0.224 e. The molecule has 0 aliphatic rings. The molecule has 0 saturated carbocycles. The van der Waals surface area contributed by atoms with Gasteiger partial charge in [-0.2, -0.15) is 0 Å². The lowest BCUT2D eigenvalue weighted by Gasteiger charge is -2.05. The van der Waals surface area contributed by atoms with Crippen molar-refractivity contribution in [2.75, 3.05) is 5.32 Å². The summed E-state index contributed by atoms with van der Waals surface area (Å²) in [7, 11) is 0. The van der Waals surface area contributed by atoms with E-state index in [9.17, 15) is 9.59 Å². The van der Waals surface area contributed by atoms with E-state index in [0.717, 1.165) is 24.9 Å². The van der Waals surface area contributed by atoms with Crippen LogP contribution in [-0.2, 0) is 9.59 Å². The molecule has 3 heteroatoms. The molecule has 0 saturated heterocycles. The monoisotopic (exact) mass is 261 g/mol. The number of hydrogen-bond donors (Lipinski definition) is 1. The summed E-state index contributed by atoms with van der Waals surface area (Å²) in [6.07, 6.45) is 4.46. The van der Waals surface area contributed by atoms with Crippen molar-refractivity contribution in [1.29, 1.82) is 0 Å². The lowest BCUT2D eigenvalue weighted by Crippen LogP contribution is -2.11. The van der Waals surface area contributed by atoms with Gasteiger partial charge in [0, 0.05) is 24.9 Å². The van der Waals surface area contributed by atoms with Gasteiger partial charge in [-0.15, -0.1) is 0 Å². The third-order valence-electron chi connectivity index (χ3n) is 3.09. The maximum Gasteiger partial charge on any atom is 0.224 e. The van der Waals surface area contributed by atoms with E-state index in [4.69, 9.17) is 0 Å². The van der Waals surface area contributed by atoms with E-state index in [1.165, 1.54) is 5.56 Å². The predicted molar refractivity (Wildman–Crippen MR) is 78.2 cm³/mol. The molecule has 0 bridgehead atoms. The summed E-state index contributed by atoms with van der Waals surface area (Å²) >= 11 is 0. The molecule has 0 aliphatic heterocycles. The van der Waals surface area contributed by atoms with Crippen LogP contribution in [0.4, 0.5) is 5.69 Å². The highest BCUT2D eigenvalue weighted by Gasteiger charge is 2.03. The molecule has 1 rings (SSSR count). The van der Waals surface area contributed by atoms with E-state index in [1.807, 2.05) is 38.1 Å². The molecule has 0 radical (unpaired) electrons. The summed E-state index contributed by atoms with van der Waals surface area (Å²) in [5.41, 5.74) is 2.02. The Kier molecular flexibility index (Phi) is 6.86. The van der Waals surface area contributed by atoms with E-state index in [1.54, 1.807) is 0 Å². The number of ketones is 1. The van der Waals surface area contributed by atoms with Crippen LogP contribution in [0.1, 0.15) is 51.0 Å². The number of amides is 1. The molecule has 1 aromatic carbocycles. The molecule has 1 aromatic rings. The summed E-state index contributed by atoms with van der Waals surface area (Å²) in [5, 5.41) is 2.87. The van der Waals surface area contributed by atoms with Crippen LogP contribution in [0.3, 0.4) is 0 Å². The average Bonchev–Trinajstić information content (AvgIpc) is 2.40. The van der Waals surface area contributed by atoms with Gasteiger partial charge in [0.25, 0.3) is 0 Å². The van der Waals surface area contributed by atoms with E-state index < -0.39 is 0 Å². The Balaban J connectivity index is 2.14. The summed E-state index contributed by atoms with van der Waals surface area (Å²) in [6.45, 7) is 3.90. The number of nitrogens with one attached hydrogen (secondary N) is 1. The van der Waals surface area contributed by atoms with Crippen LogP contribution < -0.4 is 5.32 Å². The van der Waals surface area contributed by atoms with Crippen molar-refractivity contribution in [2.45, 2.75) is 52.4 Å². The second-order valence-electron chi connectivity index (χ2n) is 4.87. The Hall–Kier alpha value is -1.64. The standard InChI is InChI=1S/C16H23NO2/c1-3-15(18)7-5-4-6-8-16(19)17-14-11-9-13(2)10-12-14/h9-12H,3-8H2,1-2H3,(H,17,19). The molecule has 1 N–H and O–H groups in total. The maximum atomic E-state index is 11.7. The number of carbonyl (C=O) groups excluding carboxylic acids is 2. The molecule has 0 aliphatic carbocycles. The summed E-state index contributed by atoms with van der Waals surface area (Å²) < 4.78 is 0. The van der Waals surface area contributed by atoms with Crippen molar-refractivity contribution < 1.29 is 9.59 Å². The molecular formula is C16H23NO2. The minimum Gasteiger partial charge on any atom is -0.326 e. The number of carbonyl (C=O) groups is 2. The van der Waals surface area contributed by atoms with Crippen molar-refractivity contribution in [3.8, 4) is 0 Å². The molecular weight excluding hydrogens is 238 g/mol. The highest BCUT2D eigenvalue weighted by atomic mass is 16.1. The number of benzene rings is 1. The van der Waals surface area contributed by atoms with Crippen LogP contribution in [0.5, 0.6) is 0 Å². The fraction of sp³-hybridized carbons (Fsp3) is 0.500. The second kappa shape index (κ2) is 8.46. The Labute approximate surface area is 115 Å². The SMILES string of the molecule is CCC(=O)CCCCCC(=O)Nc1ccc(C)cc1. The van der Waals surface area contributed by atoms with Crippen LogP contribution in [0, 0.1) is 6.92 Å². The third-order valence-corrected chi connectivity index (χ3v) is 3.09. The Morgan fingerprint density at radius 2 is 1.63 bits per heavy atom. The largest absolute Gasteiger partial charge is 0.326 e. The van der Waals surface area contributed by atoms with Crippen molar-refractivity contribution in [3.63, 3.8) is 0 Å². The maximum absolute atomic E-state index is 11.7. The summed E-state index contributed by atoms with van der Waals surface area (Å²) in [4.78, 5) is 22.8. The molecule has 0 heterocycles. The number of rotatable bonds is 8. The minimum absolute atomic E-state index is 0.0469. The first-order chi connectivity index (χ1) is 9.11. The highest BCUT2D eigenvalue weighted by molar-refractivity contribution is 5.90. The van der Waals surface area contributed by atoms with Gasteiger partial charge in [-0.1, -0.05) is 31.0 Å². The third kappa shape index (κ3) is 6.75. The number of aryl methyl sites for hydroxylation is 1. The van der Waals surface area contributed by atoms with Gasteiger partial charge in [0.15, 0.2) is 0 Å². The molecule has 1 amide bonds. The van der Waals surface area contributed by atoms with E-state index in [0.29, 0.717) is 25.0 Å². The first-order valence-corrected chi connectivity index (χ1v) is 7.00. The fourth-order valence-electron chi connectivity index (χ4n) is 1.82. The summed E-state index contributed by atoms with van der Waals surface area (Å²) in [5.74, 6) is 0.356. The number of anilines is 1.